The van der Waals surface area contributed by atoms with Crippen molar-refractivity contribution in [1.29, 1.82) is 0 Å². The van der Waals surface area contributed by atoms with E-state index in [1.54, 1.807) is 4.52 Å². The first-order valence-electron chi connectivity index (χ1n) is 11.6. The summed E-state index contributed by atoms with van der Waals surface area (Å²) in [7, 11) is 2.08. The van der Waals surface area contributed by atoms with Crippen LogP contribution in [0.1, 0.15) is 33.5 Å². The van der Waals surface area contributed by atoms with Crippen LogP contribution in [0.15, 0.2) is 53.5 Å². The number of likely N-dealkylation sites (N-methyl/N-ethyl adjacent to an activating group) is 1. The largest absolute Gasteiger partial charge is 0.335 e. The van der Waals surface area contributed by atoms with Gasteiger partial charge in [0.25, 0.3) is 5.91 Å². The molecule has 0 unspecified atom stereocenters. The molecule has 4 aromatic rings. The monoisotopic (exact) mass is 485 g/mol. The summed E-state index contributed by atoms with van der Waals surface area (Å²) in [5.41, 5.74) is 4.42. The number of piperazine rings is 1. The molecule has 0 saturated carbocycles. The van der Waals surface area contributed by atoms with Crippen LogP contribution in [0, 0.1) is 0 Å². The normalized spacial score (nSPS) is 14.7. The highest BCUT2D eigenvalue weighted by Crippen LogP contribution is 2.28. The van der Waals surface area contributed by atoms with E-state index in [1.807, 2.05) is 60.4 Å². The molecule has 1 aliphatic heterocycles. The predicted octanol–water partition coefficient (Wildman–Crippen LogP) is 4.20. The van der Waals surface area contributed by atoms with Crippen LogP contribution >= 0.6 is 11.3 Å². The van der Waals surface area contributed by atoms with Crippen LogP contribution in [0.5, 0.6) is 0 Å². The van der Waals surface area contributed by atoms with Crippen LogP contribution in [-0.2, 0) is 6.42 Å². The Morgan fingerprint density at radius 3 is 2.71 bits per heavy atom. The first-order valence-corrected chi connectivity index (χ1v) is 12.4. The minimum Gasteiger partial charge on any atom is -0.335 e. The van der Waals surface area contributed by atoms with E-state index >= 15 is 0 Å². The molecular weight excluding hydrogens is 458 g/mol. The lowest BCUT2D eigenvalue weighted by atomic mass is 10.1. The summed E-state index contributed by atoms with van der Waals surface area (Å²) in [4.78, 5) is 22.9. The zero-order valence-electron chi connectivity index (χ0n) is 19.9. The molecule has 0 radical (unpaired) electrons. The SMILES string of the molecule is C=Nc1ccc(Cc2nnc3ccc(-c4ccc(C(=O)N5CCN(C)CC5)s4)nn23)cc1/C=C\C. The number of aromatic nitrogens is 4. The molecule has 3 aromatic heterocycles. The van der Waals surface area contributed by atoms with Crippen LogP contribution in [0.4, 0.5) is 5.69 Å². The summed E-state index contributed by atoms with van der Waals surface area (Å²) in [6.45, 7) is 8.96. The van der Waals surface area contributed by atoms with Crippen molar-refractivity contribution >= 4 is 41.4 Å². The first kappa shape index (κ1) is 23.1. The second-order valence-electron chi connectivity index (χ2n) is 8.59. The Hall–Kier alpha value is -3.69. The maximum atomic E-state index is 13.0. The van der Waals surface area contributed by atoms with E-state index in [0.29, 0.717) is 12.1 Å². The van der Waals surface area contributed by atoms with E-state index in [-0.39, 0.29) is 5.91 Å². The molecule has 1 saturated heterocycles. The maximum Gasteiger partial charge on any atom is 0.264 e. The zero-order valence-corrected chi connectivity index (χ0v) is 20.7. The van der Waals surface area contributed by atoms with Crippen molar-refractivity contribution < 1.29 is 4.79 Å². The van der Waals surface area contributed by atoms with Gasteiger partial charge in [-0.3, -0.25) is 9.79 Å². The molecule has 178 valence electrons. The van der Waals surface area contributed by atoms with Crippen molar-refractivity contribution in [1.82, 2.24) is 29.6 Å². The average molecular weight is 486 g/mol. The lowest BCUT2D eigenvalue weighted by Crippen LogP contribution is -2.46. The van der Waals surface area contributed by atoms with E-state index in [0.717, 1.165) is 64.3 Å². The smallest absolute Gasteiger partial charge is 0.264 e. The van der Waals surface area contributed by atoms with Crippen LogP contribution < -0.4 is 0 Å². The Bertz CT molecular complexity index is 1410. The van der Waals surface area contributed by atoms with E-state index in [4.69, 9.17) is 5.10 Å². The van der Waals surface area contributed by atoms with Crippen LogP contribution in [0.2, 0.25) is 0 Å². The van der Waals surface area contributed by atoms with Crippen molar-refractivity contribution in [3.8, 4) is 10.6 Å². The van der Waals surface area contributed by atoms with E-state index in [9.17, 15) is 4.79 Å². The Balaban J connectivity index is 1.40. The Morgan fingerprint density at radius 2 is 1.94 bits per heavy atom. The Kier molecular flexibility index (Phi) is 6.52. The number of benzene rings is 1. The second kappa shape index (κ2) is 9.89. The van der Waals surface area contributed by atoms with Gasteiger partial charge in [-0.1, -0.05) is 18.2 Å². The molecule has 0 bridgehead atoms. The number of nitrogens with zero attached hydrogens (tertiary/aromatic N) is 7. The van der Waals surface area contributed by atoms with Gasteiger partial charge in [0, 0.05) is 38.2 Å². The highest BCUT2D eigenvalue weighted by atomic mass is 32.1. The number of allylic oxidation sites excluding steroid dienone is 1. The zero-order chi connectivity index (χ0) is 24.4. The van der Waals surface area contributed by atoms with Gasteiger partial charge in [-0.25, -0.2) is 0 Å². The number of rotatable bonds is 6. The van der Waals surface area contributed by atoms with Gasteiger partial charge in [0.05, 0.1) is 15.4 Å². The summed E-state index contributed by atoms with van der Waals surface area (Å²) < 4.78 is 1.78. The van der Waals surface area contributed by atoms with Crippen molar-refractivity contribution in [3.63, 3.8) is 0 Å². The molecule has 0 spiro atoms. The summed E-state index contributed by atoms with van der Waals surface area (Å²) in [6.07, 6.45) is 4.58. The van der Waals surface area contributed by atoms with Crippen molar-refractivity contribution in [3.05, 3.63) is 70.4 Å². The molecule has 1 amide bonds. The molecule has 1 aromatic carbocycles. The molecule has 8 nitrogen and oxygen atoms in total. The van der Waals surface area contributed by atoms with Gasteiger partial charge >= 0.3 is 0 Å². The van der Waals surface area contributed by atoms with Crippen LogP contribution in [-0.4, -0.2) is 75.5 Å². The second-order valence-corrected chi connectivity index (χ2v) is 9.68. The quantitative estimate of drug-likeness (QED) is 0.383. The minimum absolute atomic E-state index is 0.0924. The van der Waals surface area contributed by atoms with Gasteiger partial charge < -0.3 is 9.80 Å². The fraction of sp³-hybridized carbons (Fsp3) is 0.269. The van der Waals surface area contributed by atoms with E-state index in [2.05, 4.69) is 39.9 Å². The lowest BCUT2D eigenvalue weighted by Gasteiger charge is -2.32. The van der Waals surface area contributed by atoms with Crippen molar-refractivity contribution in [2.24, 2.45) is 4.99 Å². The Morgan fingerprint density at radius 1 is 1.11 bits per heavy atom. The standard InChI is InChI=1S/C26H27N7OS/c1-4-5-19-16-18(6-7-20(19)27-2)17-25-29-28-24-11-8-21(30-33(24)25)22-9-10-23(35-22)26(34)32-14-12-31(3)13-15-32/h4-11,16H,2,12-15,17H2,1,3H3/b5-4-. The molecule has 5 rings (SSSR count). The highest BCUT2D eigenvalue weighted by molar-refractivity contribution is 7.17. The molecule has 0 atom stereocenters. The maximum absolute atomic E-state index is 13.0. The number of hydrogen-bond acceptors (Lipinski definition) is 7. The number of amides is 1. The van der Waals surface area contributed by atoms with E-state index in [1.165, 1.54) is 11.3 Å². The number of fused-ring (bicyclic) bond motifs is 1. The van der Waals surface area contributed by atoms with Gasteiger partial charge in [0.2, 0.25) is 0 Å². The third-order valence-corrected chi connectivity index (χ3v) is 7.25. The molecule has 0 aliphatic carbocycles. The van der Waals surface area contributed by atoms with Gasteiger partial charge in [-0.15, -0.1) is 21.5 Å². The average Bonchev–Trinajstić information content (AvgIpc) is 3.52. The molecule has 4 heterocycles. The van der Waals surface area contributed by atoms with Crippen molar-refractivity contribution in [2.75, 3.05) is 33.2 Å². The first-order chi connectivity index (χ1) is 17.1. The predicted molar refractivity (Wildman–Crippen MR) is 141 cm³/mol. The van der Waals surface area contributed by atoms with Gasteiger partial charge in [0.1, 0.15) is 5.69 Å². The molecular formula is C26H27N7OS. The molecule has 0 N–H and O–H groups in total. The summed E-state index contributed by atoms with van der Waals surface area (Å²) in [5, 5.41) is 13.5. The number of hydrogen-bond donors (Lipinski definition) is 0. The lowest BCUT2D eigenvalue weighted by molar-refractivity contribution is 0.0669. The van der Waals surface area contributed by atoms with E-state index < -0.39 is 0 Å². The van der Waals surface area contributed by atoms with Crippen molar-refractivity contribution in [2.45, 2.75) is 13.3 Å². The van der Waals surface area contributed by atoms with Gasteiger partial charge in [-0.2, -0.15) is 9.61 Å². The number of aliphatic imine (C=N–C) groups is 1. The summed E-state index contributed by atoms with van der Waals surface area (Å²) in [6, 6.07) is 13.8. The third kappa shape index (κ3) is 4.78. The number of thiophene rings is 1. The molecule has 1 aliphatic rings. The fourth-order valence-electron chi connectivity index (χ4n) is 4.18. The minimum atomic E-state index is 0.0924. The summed E-state index contributed by atoms with van der Waals surface area (Å²) in [5.74, 6) is 0.840. The number of carbonyl (C=O) groups excluding carboxylic acids is 1. The molecule has 1 fully saturated rings. The molecule has 35 heavy (non-hydrogen) atoms. The van der Waals surface area contributed by atoms with Gasteiger partial charge in [0.15, 0.2) is 11.5 Å². The van der Waals surface area contributed by atoms with Gasteiger partial charge in [-0.05, 0) is 62.7 Å². The van der Waals surface area contributed by atoms with Crippen LogP contribution in [0.25, 0.3) is 22.3 Å². The highest BCUT2D eigenvalue weighted by Gasteiger charge is 2.22. The Labute approximate surface area is 208 Å². The molecule has 9 heteroatoms. The topological polar surface area (TPSA) is 79.0 Å². The third-order valence-electron chi connectivity index (χ3n) is 6.16. The number of carbonyl (C=O) groups is 1. The van der Waals surface area contributed by atoms with Crippen LogP contribution in [0.3, 0.4) is 0 Å². The summed E-state index contributed by atoms with van der Waals surface area (Å²) >= 11 is 1.48. The fourth-order valence-corrected chi connectivity index (χ4v) is 5.12.